The van der Waals surface area contributed by atoms with E-state index in [2.05, 4.69) is 91.2 Å². The Balaban J connectivity index is 0.000000262. The van der Waals surface area contributed by atoms with E-state index < -0.39 is 28.1 Å². The van der Waals surface area contributed by atoms with Crippen LogP contribution in [-0.2, 0) is 25.7 Å². The molecule has 4 aromatic rings. The summed E-state index contributed by atoms with van der Waals surface area (Å²) in [5, 5.41) is 12.5. The Kier molecular flexibility index (Phi) is 15.9. The number of carbonyl (C=O) groups is 2. The molecule has 0 bridgehead atoms. The van der Waals surface area contributed by atoms with Gasteiger partial charge in [-0.2, -0.15) is 10.2 Å². The van der Waals surface area contributed by atoms with Crippen molar-refractivity contribution in [2.75, 3.05) is 33.5 Å². The summed E-state index contributed by atoms with van der Waals surface area (Å²) in [6.07, 6.45) is 0. The maximum atomic E-state index is 11.9. The Hall–Kier alpha value is -2.08. The number of nitrogens with zero attached hydrogens (tertiary/aromatic N) is 3. The maximum Gasteiger partial charge on any atom is 0.359 e. The molecular weight excluding hydrogens is 764 g/mol. The van der Waals surface area contributed by atoms with E-state index in [4.69, 9.17) is 25.8 Å². The van der Waals surface area contributed by atoms with Crippen molar-refractivity contribution >= 4 is 93.4 Å². The molecule has 10 nitrogen and oxygen atoms in total. The monoisotopic (exact) mass is 804 g/mol. The highest BCUT2D eigenvalue weighted by Crippen LogP contribution is 2.24. The first-order valence-corrected chi connectivity index (χ1v) is 23.8. The van der Waals surface area contributed by atoms with Crippen molar-refractivity contribution in [1.82, 2.24) is 20.0 Å². The first-order chi connectivity index (χ1) is 21.1. The number of nitrogens with one attached hydrogen (secondary N) is 1. The molecule has 0 fully saturated rings. The van der Waals surface area contributed by atoms with Gasteiger partial charge < -0.3 is 18.9 Å². The maximum absolute atomic E-state index is 11.9. The largest absolute Gasteiger partial charge is 0.464 e. The smallest absolute Gasteiger partial charge is 0.359 e. The van der Waals surface area contributed by atoms with E-state index >= 15 is 0 Å². The third-order valence-corrected chi connectivity index (χ3v) is 10.8. The number of methoxy groups -OCH3 is 2. The number of fused-ring (bicyclic) bond motifs is 2. The summed E-state index contributed by atoms with van der Waals surface area (Å²) in [6.45, 7) is 15.8. The zero-order valence-corrected chi connectivity index (χ0v) is 33.1. The molecule has 248 valence electrons. The average Bonchev–Trinajstić information content (AvgIpc) is 3.55. The number of aromatic nitrogens is 4. The Bertz CT molecular complexity index is 1550. The van der Waals surface area contributed by atoms with E-state index in [1.54, 1.807) is 4.68 Å². The Morgan fingerprint density at radius 1 is 0.822 bits per heavy atom. The molecule has 0 aliphatic heterocycles. The Labute approximate surface area is 288 Å². The van der Waals surface area contributed by atoms with Crippen LogP contribution in [0.3, 0.4) is 0 Å². The second-order valence-corrected chi connectivity index (χ2v) is 25.7. The Morgan fingerprint density at radius 3 is 1.91 bits per heavy atom. The van der Waals surface area contributed by atoms with Gasteiger partial charge in [0.25, 0.3) is 0 Å². The molecule has 1 N–H and O–H groups in total. The van der Waals surface area contributed by atoms with Crippen molar-refractivity contribution in [3.8, 4) is 0 Å². The van der Waals surface area contributed by atoms with Crippen molar-refractivity contribution in [2.45, 2.75) is 58.1 Å². The lowest BCUT2D eigenvalue weighted by Gasteiger charge is -2.15. The minimum Gasteiger partial charge on any atom is -0.464 e. The molecule has 15 heteroatoms. The third-order valence-electron chi connectivity index (χ3n) is 6.28. The number of esters is 2. The molecule has 0 aliphatic rings. The van der Waals surface area contributed by atoms with Crippen molar-refractivity contribution in [3.63, 3.8) is 0 Å². The van der Waals surface area contributed by atoms with E-state index in [1.807, 2.05) is 36.4 Å². The standard InChI is InChI=1S/C15H21BrN2O3Si.C9H7BrN2O2.C6H15ClOSi/c1-20-15(19)14-12-9-11(16)5-6-13(12)18(17-14)10-21-7-8-22(2,3)4;1-14-9(13)8-6-4-5(10)2-3-7(6)11-12-8;1-9(2,3)5-4-8-6-7/h5-6,9H,7-8,10H2,1-4H3;2-4H,1H3,(H,11,12);4-6H2,1-3H3. The molecule has 0 unspecified atom stereocenters. The first-order valence-electron chi connectivity index (χ1n) is 14.3. The van der Waals surface area contributed by atoms with E-state index in [1.165, 1.54) is 20.3 Å². The number of carbonyl (C=O) groups excluding carboxylic acids is 2. The zero-order chi connectivity index (χ0) is 33.8. The fourth-order valence-electron chi connectivity index (χ4n) is 3.70. The molecule has 2 heterocycles. The third kappa shape index (κ3) is 13.3. The quantitative estimate of drug-likeness (QED) is 0.0694. The van der Waals surface area contributed by atoms with Crippen LogP contribution in [0.1, 0.15) is 21.0 Å². The topological polar surface area (TPSA) is 118 Å². The highest BCUT2D eigenvalue weighted by molar-refractivity contribution is 9.10. The zero-order valence-electron chi connectivity index (χ0n) is 27.1. The van der Waals surface area contributed by atoms with Crippen LogP contribution in [0, 0.1) is 0 Å². The summed E-state index contributed by atoms with van der Waals surface area (Å²) in [5.41, 5.74) is 2.29. The summed E-state index contributed by atoms with van der Waals surface area (Å²) in [4.78, 5) is 23.1. The van der Waals surface area contributed by atoms with Crippen LogP contribution >= 0.6 is 43.5 Å². The van der Waals surface area contributed by atoms with Crippen LogP contribution in [0.15, 0.2) is 45.3 Å². The first kappa shape index (κ1) is 39.1. The fourth-order valence-corrected chi connectivity index (χ4v) is 6.04. The molecular formula is C30H43Br2ClN4O6Si2. The predicted octanol–water partition coefficient (Wildman–Crippen LogP) is 8.55. The number of halogens is 3. The summed E-state index contributed by atoms with van der Waals surface area (Å²) >= 11 is 12.1. The van der Waals surface area contributed by atoms with Gasteiger partial charge >= 0.3 is 11.9 Å². The average molecular weight is 807 g/mol. The van der Waals surface area contributed by atoms with Crippen LogP contribution in [0.5, 0.6) is 0 Å². The molecule has 0 radical (unpaired) electrons. The van der Waals surface area contributed by atoms with Crippen molar-refractivity contribution < 1.29 is 28.5 Å². The molecule has 0 spiro atoms. The van der Waals surface area contributed by atoms with Gasteiger partial charge in [-0.1, -0.05) is 82.7 Å². The number of hydrogen-bond acceptors (Lipinski definition) is 8. The van der Waals surface area contributed by atoms with Gasteiger partial charge in [0.1, 0.15) is 12.8 Å². The number of ether oxygens (including phenoxy) is 4. The highest BCUT2D eigenvalue weighted by atomic mass is 79.9. The molecule has 0 amide bonds. The summed E-state index contributed by atoms with van der Waals surface area (Å²) in [5.74, 6) is -0.877. The van der Waals surface area contributed by atoms with Crippen LogP contribution < -0.4 is 0 Å². The number of aromatic amines is 1. The van der Waals surface area contributed by atoms with Crippen molar-refractivity contribution in [3.05, 3.63) is 56.7 Å². The molecule has 4 rings (SSSR count). The van der Waals surface area contributed by atoms with Crippen LogP contribution in [0.4, 0.5) is 0 Å². The Morgan fingerprint density at radius 2 is 1.36 bits per heavy atom. The van der Waals surface area contributed by atoms with Gasteiger partial charge in [0.15, 0.2) is 11.4 Å². The lowest BCUT2D eigenvalue weighted by molar-refractivity contribution is 0.0580. The fraction of sp³-hybridized carbons (Fsp3) is 0.467. The van der Waals surface area contributed by atoms with E-state index in [0.29, 0.717) is 30.8 Å². The molecule has 0 atom stereocenters. The molecule has 0 saturated carbocycles. The second-order valence-electron chi connectivity index (χ2n) is 12.4. The van der Waals surface area contributed by atoms with Crippen molar-refractivity contribution in [1.29, 1.82) is 0 Å². The molecule has 2 aromatic heterocycles. The lowest BCUT2D eigenvalue weighted by atomic mass is 10.2. The normalized spacial score (nSPS) is 11.4. The van der Waals surface area contributed by atoms with Crippen LogP contribution in [0.25, 0.3) is 21.8 Å². The molecule has 45 heavy (non-hydrogen) atoms. The van der Waals surface area contributed by atoms with Gasteiger partial charge in [-0.15, -0.1) is 0 Å². The minimum atomic E-state index is -1.11. The summed E-state index contributed by atoms with van der Waals surface area (Å²) < 4.78 is 23.6. The van der Waals surface area contributed by atoms with Gasteiger partial charge in [0.2, 0.25) is 0 Å². The SMILES string of the molecule is COC(=O)c1n[nH]c2ccc(Br)cc12.COC(=O)c1nn(COCC[Si](C)(C)C)c2ccc(Br)cc12.C[Si](C)(C)CCOCCl. The van der Waals surface area contributed by atoms with Gasteiger partial charge in [0.05, 0.1) is 25.3 Å². The molecule has 2 aromatic carbocycles. The van der Waals surface area contributed by atoms with E-state index in [-0.39, 0.29) is 0 Å². The van der Waals surface area contributed by atoms with Gasteiger partial charge in [0, 0.05) is 49.1 Å². The second kappa shape index (κ2) is 18.3. The molecule has 0 saturated heterocycles. The molecule has 0 aliphatic carbocycles. The predicted molar refractivity (Wildman–Crippen MR) is 193 cm³/mol. The summed E-state index contributed by atoms with van der Waals surface area (Å²) in [6, 6.07) is 13.9. The lowest BCUT2D eigenvalue weighted by Crippen LogP contribution is -2.22. The van der Waals surface area contributed by atoms with Crippen LogP contribution in [0.2, 0.25) is 51.4 Å². The van der Waals surface area contributed by atoms with E-state index in [9.17, 15) is 9.59 Å². The van der Waals surface area contributed by atoms with Gasteiger partial charge in [-0.3, -0.25) is 5.10 Å². The van der Waals surface area contributed by atoms with Crippen molar-refractivity contribution in [2.24, 2.45) is 0 Å². The number of H-pyrrole nitrogens is 1. The highest BCUT2D eigenvalue weighted by Gasteiger charge is 2.19. The summed E-state index contributed by atoms with van der Waals surface area (Å²) in [7, 11) is 0.703. The van der Waals surface area contributed by atoms with E-state index in [0.717, 1.165) is 43.4 Å². The number of alkyl halides is 1. The van der Waals surface area contributed by atoms with Crippen LogP contribution in [-0.4, -0.2) is 81.6 Å². The number of rotatable bonds is 11. The van der Waals surface area contributed by atoms with Gasteiger partial charge in [-0.25, -0.2) is 14.3 Å². The minimum absolute atomic E-state index is 0.309. The van der Waals surface area contributed by atoms with Gasteiger partial charge in [-0.05, 0) is 48.5 Å². The number of benzene rings is 2. The number of hydrogen-bond donors (Lipinski definition) is 1.